The van der Waals surface area contributed by atoms with Crippen LogP contribution >= 0.6 is 11.3 Å². The molecule has 7 heteroatoms. The van der Waals surface area contributed by atoms with Crippen LogP contribution in [0.2, 0.25) is 0 Å². The topological polar surface area (TPSA) is 72.0 Å². The monoisotopic (exact) mass is 369 g/mol. The number of carbonyl (C=O) groups is 2. The lowest BCUT2D eigenvalue weighted by atomic mass is 10.1. The van der Waals surface area contributed by atoms with Crippen molar-refractivity contribution in [2.24, 2.45) is 0 Å². The zero-order chi connectivity index (χ0) is 18.4. The molecule has 3 rings (SSSR count). The molecule has 0 fully saturated rings. The Bertz CT molecular complexity index is 895. The fourth-order valence-electron chi connectivity index (χ4n) is 2.29. The molecule has 1 N–H and O–H groups in total. The van der Waals surface area contributed by atoms with Crippen molar-refractivity contribution in [3.05, 3.63) is 71.2 Å². The van der Waals surface area contributed by atoms with E-state index in [-0.39, 0.29) is 24.7 Å². The van der Waals surface area contributed by atoms with E-state index in [9.17, 15) is 14.0 Å². The van der Waals surface area contributed by atoms with Gasteiger partial charge in [0, 0.05) is 35.3 Å². The molecule has 2 heterocycles. The number of aromatic nitrogens is 2. The maximum Gasteiger partial charge on any atom is 0.220 e. The Labute approximate surface area is 153 Å². The summed E-state index contributed by atoms with van der Waals surface area (Å²) in [6, 6.07) is 9.03. The van der Waals surface area contributed by atoms with Crippen LogP contribution in [0.1, 0.15) is 22.5 Å². The van der Waals surface area contributed by atoms with Crippen LogP contribution in [0.25, 0.3) is 10.6 Å². The van der Waals surface area contributed by atoms with Crippen molar-refractivity contribution in [2.75, 3.05) is 6.54 Å². The van der Waals surface area contributed by atoms with Gasteiger partial charge in [-0.2, -0.15) is 0 Å². The van der Waals surface area contributed by atoms with E-state index in [4.69, 9.17) is 0 Å². The minimum Gasteiger partial charge on any atom is -0.349 e. The number of Topliss-reactive ketones (excluding diaryl/α,β-unsaturated/α-hetero) is 1. The van der Waals surface area contributed by atoms with Gasteiger partial charge >= 0.3 is 0 Å². The van der Waals surface area contributed by atoms with E-state index in [1.54, 1.807) is 12.4 Å². The van der Waals surface area contributed by atoms with E-state index in [2.05, 4.69) is 15.3 Å². The van der Waals surface area contributed by atoms with Crippen molar-refractivity contribution in [1.82, 2.24) is 15.3 Å². The molecule has 0 spiro atoms. The van der Waals surface area contributed by atoms with Gasteiger partial charge in [0.05, 0.1) is 12.2 Å². The molecule has 2 aromatic heterocycles. The molecule has 26 heavy (non-hydrogen) atoms. The zero-order valence-corrected chi connectivity index (χ0v) is 14.6. The van der Waals surface area contributed by atoms with Crippen LogP contribution in [0.15, 0.2) is 54.2 Å². The summed E-state index contributed by atoms with van der Waals surface area (Å²) in [6.45, 7) is -0.109. The van der Waals surface area contributed by atoms with Crippen molar-refractivity contribution in [3.8, 4) is 10.6 Å². The summed E-state index contributed by atoms with van der Waals surface area (Å²) in [4.78, 5) is 32.4. The fraction of sp³-hybridized carbons (Fsp3) is 0.158. The number of nitrogens with zero attached hydrogens (tertiary/aromatic N) is 2. The van der Waals surface area contributed by atoms with Gasteiger partial charge in [-0.1, -0.05) is 0 Å². The number of pyridine rings is 1. The molecule has 0 radical (unpaired) electrons. The van der Waals surface area contributed by atoms with E-state index < -0.39 is 5.82 Å². The Balaban J connectivity index is 1.46. The second kappa shape index (κ2) is 8.44. The second-order valence-electron chi connectivity index (χ2n) is 5.59. The first-order chi connectivity index (χ1) is 12.6. The predicted molar refractivity (Wildman–Crippen MR) is 97.4 cm³/mol. The molecule has 0 saturated carbocycles. The van der Waals surface area contributed by atoms with Gasteiger partial charge in [0.25, 0.3) is 0 Å². The molecule has 0 aliphatic heterocycles. The van der Waals surface area contributed by atoms with Crippen molar-refractivity contribution in [3.63, 3.8) is 0 Å². The average Bonchev–Trinajstić information content (AvgIpc) is 3.15. The number of ketones is 1. The van der Waals surface area contributed by atoms with Gasteiger partial charge in [-0.05, 0) is 42.8 Å². The molecular weight excluding hydrogens is 353 g/mol. The third-order valence-electron chi connectivity index (χ3n) is 3.68. The number of hydrogen-bond donors (Lipinski definition) is 1. The average molecular weight is 369 g/mol. The number of benzene rings is 1. The summed E-state index contributed by atoms with van der Waals surface area (Å²) in [5.41, 5.74) is 2.14. The van der Waals surface area contributed by atoms with E-state index in [1.807, 2.05) is 17.5 Å². The number of halogens is 1. The van der Waals surface area contributed by atoms with E-state index in [0.717, 1.165) is 16.3 Å². The molecule has 1 amide bonds. The number of carbonyl (C=O) groups excluding carboxylic acids is 2. The molecule has 1 aromatic carbocycles. The number of hydrogen-bond acceptors (Lipinski definition) is 5. The largest absolute Gasteiger partial charge is 0.349 e. The first kappa shape index (κ1) is 17.9. The minimum absolute atomic E-state index is 0.109. The maximum absolute atomic E-state index is 12.8. The van der Waals surface area contributed by atoms with Gasteiger partial charge in [0.2, 0.25) is 5.91 Å². The van der Waals surface area contributed by atoms with E-state index in [0.29, 0.717) is 12.0 Å². The Morgan fingerprint density at radius 2 is 1.96 bits per heavy atom. The van der Waals surface area contributed by atoms with Crippen LogP contribution in [0, 0.1) is 5.82 Å². The van der Waals surface area contributed by atoms with Gasteiger partial charge in [-0.15, -0.1) is 11.3 Å². The van der Waals surface area contributed by atoms with Crippen LogP contribution in [-0.2, 0) is 11.2 Å². The van der Waals surface area contributed by atoms with Crippen LogP contribution in [0.5, 0.6) is 0 Å². The molecule has 0 unspecified atom stereocenters. The molecule has 0 bridgehead atoms. The fourth-order valence-corrected chi connectivity index (χ4v) is 3.14. The quantitative estimate of drug-likeness (QED) is 0.649. The summed E-state index contributed by atoms with van der Waals surface area (Å²) in [5.74, 6) is -0.887. The zero-order valence-electron chi connectivity index (χ0n) is 13.8. The van der Waals surface area contributed by atoms with E-state index in [1.165, 1.54) is 35.6 Å². The van der Waals surface area contributed by atoms with Crippen LogP contribution < -0.4 is 5.32 Å². The summed E-state index contributed by atoms with van der Waals surface area (Å²) >= 11 is 1.50. The molecule has 0 aliphatic rings. The third-order valence-corrected chi connectivity index (χ3v) is 4.62. The van der Waals surface area contributed by atoms with Crippen molar-refractivity contribution in [1.29, 1.82) is 0 Å². The molecule has 0 saturated heterocycles. The smallest absolute Gasteiger partial charge is 0.220 e. The minimum atomic E-state index is -0.403. The highest BCUT2D eigenvalue weighted by atomic mass is 32.1. The van der Waals surface area contributed by atoms with Crippen molar-refractivity contribution < 1.29 is 14.0 Å². The molecule has 132 valence electrons. The van der Waals surface area contributed by atoms with Crippen molar-refractivity contribution in [2.45, 2.75) is 12.8 Å². The lowest BCUT2D eigenvalue weighted by Gasteiger charge is -2.04. The van der Waals surface area contributed by atoms with Gasteiger partial charge in [0.15, 0.2) is 5.78 Å². The summed E-state index contributed by atoms with van der Waals surface area (Å²) in [7, 11) is 0. The summed E-state index contributed by atoms with van der Waals surface area (Å²) in [5, 5.41) is 5.36. The number of thiazole rings is 1. The van der Waals surface area contributed by atoms with E-state index >= 15 is 0 Å². The van der Waals surface area contributed by atoms with Crippen LogP contribution in [-0.4, -0.2) is 28.2 Å². The summed E-state index contributed by atoms with van der Waals surface area (Å²) < 4.78 is 12.8. The highest BCUT2D eigenvalue weighted by Gasteiger charge is 2.10. The molecule has 0 aliphatic carbocycles. The van der Waals surface area contributed by atoms with Gasteiger partial charge in [-0.25, -0.2) is 9.37 Å². The Morgan fingerprint density at radius 1 is 1.15 bits per heavy atom. The van der Waals surface area contributed by atoms with Gasteiger partial charge in [-0.3, -0.25) is 14.6 Å². The normalized spacial score (nSPS) is 10.5. The third kappa shape index (κ3) is 4.80. The molecule has 0 atom stereocenters. The number of nitrogens with one attached hydrogen (secondary N) is 1. The first-order valence-electron chi connectivity index (χ1n) is 8.02. The van der Waals surface area contributed by atoms with Gasteiger partial charge in [0.1, 0.15) is 10.8 Å². The Hall–Kier alpha value is -2.93. The van der Waals surface area contributed by atoms with Gasteiger partial charge < -0.3 is 5.32 Å². The maximum atomic E-state index is 12.8. The highest BCUT2D eigenvalue weighted by molar-refractivity contribution is 7.13. The number of amides is 1. The predicted octanol–water partition coefficient (Wildman–Crippen LogP) is 3.28. The summed E-state index contributed by atoms with van der Waals surface area (Å²) in [6.07, 6.45) is 4.19. The lowest BCUT2D eigenvalue weighted by molar-refractivity contribution is -0.120. The standard InChI is InChI=1S/C19H16FN3O2S/c20-15-5-3-13(4-6-15)17(24)11-22-18(25)8-7-16-12-26-19(23-16)14-2-1-9-21-10-14/h1-6,9-10,12H,7-8,11H2,(H,22,25). The number of aryl methyl sites for hydroxylation is 1. The number of rotatable bonds is 7. The molecule has 5 nitrogen and oxygen atoms in total. The SMILES string of the molecule is O=C(CCc1csc(-c2cccnc2)n1)NCC(=O)c1ccc(F)cc1. The molecule has 3 aromatic rings. The Kier molecular flexibility index (Phi) is 5.80. The first-order valence-corrected chi connectivity index (χ1v) is 8.90. The Morgan fingerprint density at radius 3 is 2.69 bits per heavy atom. The second-order valence-corrected chi connectivity index (χ2v) is 6.45. The van der Waals surface area contributed by atoms with Crippen LogP contribution in [0.4, 0.5) is 4.39 Å². The highest BCUT2D eigenvalue weighted by Crippen LogP contribution is 2.23. The molecular formula is C19H16FN3O2S. The van der Waals surface area contributed by atoms with Crippen LogP contribution in [0.3, 0.4) is 0 Å². The van der Waals surface area contributed by atoms with Crippen molar-refractivity contribution >= 4 is 23.0 Å². The lowest BCUT2D eigenvalue weighted by Crippen LogP contribution is -2.29.